The van der Waals surface area contributed by atoms with Crippen molar-refractivity contribution >= 4 is 17.6 Å². The van der Waals surface area contributed by atoms with Gasteiger partial charge in [-0.25, -0.2) is 9.40 Å². The van der Waals surface area contributed by atoms with Crippen LogP contribution in [0.1, 0.15) is 42.9 Å². The van der Waals surface area contributed by atoms with Crippen molar-refractivity contribution < 1.29 is 28.6 Å². The molecular weight excluding hydrogens is 391 g/mol. The van der Waals surface area contributed by atoms with E-state index in [0.717, 1.165) is 0 Å². The van der Waals surface area contributed by atoms with Crippen LogP contribution >= 0.6 is 0 Å². The van der Waals surface area contributed by atoms with E-state index >= 15 is 0 Å². The molecule has 0 aromatic heterocycles. The smallest absolute Gasteiger partial charge is 0.303 e. The van der Waals surface area contributed by atoms with Gasteiger partial charge in [-0.05, 0) is 36.2 Å². The summed E-state index contributed by atoms with van der Waals surface area (Å²) in [6, 6.07) is 10.9. The van der Waals surface area contributed by atoms with Crippen LogP contribution in [0.3, 0.4) is 0 Å². The Labute approximate surface area is 173 Å². The lowest BCUT2D eigenvalue weighted by Crippen LogP contribution is -2.27. The number of hydrogen-bond acceptors (Lipinski definition) is 5. The largest absolute Gasteiger partial charge is 0.497 e. The van der Waals surface area contributed by atoms with Crippen LogP contribution in [0.25, 0.3) is 0 Å². The Bertz CT molecular complexity index is 976. The number of rotatable bonds is 8. The standard InChI is InChI=1S/C22H23FN2O5/c1-29-16-9-10-17(20(12-16)30-2)18-13-19(14-5-3-6-15(23)11-14)25(24-18)21(26)7-4-8-22(27)28/h3,5-6,9-12,19H,4,7-8,13H2,1-2H3,(H,27,28)/t19-/m1/s1. The number of ether oxygens (including phenoxy) is 2. The number of carbonyl (C=O) groups excluding carboxylic acids is 1. The minimum absolute atomic E-state index is 0.0364. The SMILES string of the molecule is COc1ccc(C2=NN(C(=O)CCCC(=O)O)[C@@H](c3cccc(F)c3)C2)c(OC)c1. The molecule has 1 aliphatic heterocycles. The number of aliphatic carboxylic acids is 1. The van der Waals surface area contributed by atoms with Gasteiger partial charge in [-0.3, -0.25) is 9.59 Å². The number of hydrogen-bond donors (Lipinski definition) is 1. The molecule has 7 nitrogen and oxygen atoms in total. The van der Waals surface area contributed by atoms with Gasteiger partial charge in [-0.2, -0.15) is 5.10 Å². The first-order valence-electron chi connectivity index (χ1n) is 9.52. The highest BCUT2D eigenvalue weighted by atomic mass is 19.1. The predicted octanol–water partition coefficient (Wildman–Crippen LogP) is 3.78. The quantitative estimate of drug-likeness (QED) is 0.710. The molecule has 1 N–H and O–H groups in total. The second-order valence-electron chi connectivity index (χ2n) is 6.87. The summed E-state index contributed by atoms with van der Waals surface area (Å²) in [5.41, 5.74) is 1.95. The number of methoxy groups -OCH3 is 2. The summed E-state index contributed by atoms with van der Waals surface area (Å²) in [4.78, 5) is 23.6. The van der Waals surface area contributed by atoms with Crippen LogP contribution in [0, 0.1) is 5.82 Å². The van der Waals surface area contributed by atoms with Crippen molar-refractivity contribution in [3.05, 3.63) is 59.4 Å². The van der Waals surface area contributed by atoms with Gasteiger partial charge < -0.3 is 14.6 Å². The lowest BCUT2D eigenvalue weighted by Gasteiger charge is -2.22. The van der Waals surface area contributed by atoms with Gasteiger partial charge in [0.25, 0.3) is 0 Å². The van der Waals surface area contributed by atoms with E-state index in [-0.39, 0.29) is 25.2 Å². The summed E-state index contributed by atoms with van der Waals surface area (Å²) in [5.74, 6) is -0.504. The highest BCUT2D eigenvalue weighted by molar-refractivity contribution is 6.05. The lowest BCUT2D eigenvalue weighted by molar-refractivity contribution is -0.137. The second kappa shape index (κ2) is 9.39. The summed E-state index contributed by atoms with van der Waals surface area (Å²) in [5, 5.41) is 14.7. The fourth-order valence-electron chi connectivity index (χ4n) is 3.42. The van der Waals surface area contributed by atoms with Gasteiger partial charge in [-0.1, -0.05) is 12.1 Å². The average molecular weight is 414 g/mol. The van der Waals surface area contributed by atoms with Crippen LogP contribution in [-0.4, -0.2) is 41.9 Å². The van der Waals surface area contributed by atoms with Gasteiger partial charge in [-0.15, -0.1) is 0 Å². The number of hydrazone groups is 1. The fraction of sp³-hybridized carbons (Fsp3) is 0.318. The van der Waals surface area contributed by atoms with Crippen LogP contribution in [0.2, 0.25) is 0 Å². The molecule has 1 atom stereocenters. The van der Waals surface area contributed by atoms with Crippen molar-refractivity contribution in [2.24, 2.45) is 5.10 Å². The molecule has 2 aromatic carbocycles. The molecule has 158 valence electrons. The maximum Gasteiger partial charge on any atom is 0.303 e. The van der Waals surface area contributed by atoms with Gasteiger partial charge >= 0.3 is 5.97 Å². The van der Waals surface area contributed by atoms with Gasteiger partial charge in [0, 0.05) is 30.9 Å². The van der Waals surface area contributed by atoms with Crippen molar-refractivity contribution in [1.82, 2.24) is 5.01 Å². The Morgan fingerprint density at radius 2 is 1.97 bits per heavy atom. The molecule has 0 saturated carbocycles. The molecule has 0 saturated heterocycles. The zero-order valence-corrected chi connectivity index (χ0v) is 16.8. The zero-order valence-electron chi connectivity index (χ0n) is 16.8. The first kappa shape index (κ1) is 21.3. The van der Waals surface area contributed by atoms with E-state index in [0.29, 0.717) is 34.8 Å². The molecule has 2 aromatic rings. The Morgan fingerprint density at radius 1 is 1.17 bits per heavy atom. The number of carbonyl (C=O) groups is 2. The van der Waals surface area contributed by atoms with Crippen LogP contribution in [0.15, 0.2) is 47.6 Å². The highest BCUT2D eigenvalue weighted by Crippen LogP contribution is 2.36. The fourth-order valence-corrected chi connectivity index (χ4v) is 3.42. The third-order valence-electron chi connectivity index (χ3n) is 4.90. The topological polar surface area (TPSA) is 88.4 Å². The molecule has 30 heavy (non-hydrogen) atoms. The summed E-state index contributed by atoms with van der Waals surface area (Å²) >= 11 is 0. The Kier molecular flexibility index (Phi) is 6.66. The van der Waals surface area contributed by atoms with Crippen LogP contribution in [-0.2, 0) is 9.59 Å². The first-order chi connectivity index (χ1) is 14.4. The molecule has 0 unspecified atom stereocenters. The van der Waals surface area contributed by atoms with E-state index < -0.39 is 17.8 Å². The number of carboxylic acids is 1. The van der Waals surface area contributed by atoms with Crippen molar-refractivity contribution in [3.8, 4) is 11.5 Å². The Morgan fingerprint density at radius 3 is 2.63 bits per heavy atom. The molecule has 8 heteroatoms. The molecule has 0 aliphatic carbocycles. The normalized spacial score (nSPS) is 15.6. The molecular formula is C22H23FN2O5. The molecule has 1 aliphatic rings. The van der Waals surface area contributed by atoms with Crippen molar-refractivity contribution in [2.75, 3.05) is 14.2 Å². The average Bonchev–Trinajstić information content (AvgIpc) is 3.18. The summed E-state index contributed by atoms with van der Waals surface area (Å²) in [7, 11) is 3.09. The predicted molar refractivity (Wildman–Crippen MR) is 108 cm³/mol. The molecule has 1 amide bonds. The Hall–Kier alpha value is -3.42. The minimum Gasteiger partial charge on any atom is -0.497 e. The van der Waals surface area contributed by atoms with E-state index in [2.05, 4.69) is 5.10 Å². The summed E-state index contributed by atoms with van der Waals surface area (Å²) in [6.07, 6.45) is 0.510. The Balaban J connectivity index is 1.93. The number of amides is 1. The third kappa shape index (κ3) is 4.76. The molecule has 1 heterocycles. The molecule has 3 rings (SSSR count). The molecule has 0 radical (unpaired) electrons. The molecule has 0 spiro atoms. The maximum absolute atomic E-state index is 13.8. The van der Waals surface area contributed by atoms with Gasteiger partial charge in [0.2, 0.25) is 5.91 Å². The lowest BCUT2D eigenvalue weighted by atomic mass is 9.97. The van der Waals surface area contributed by atoms with Crippen molar-refractivity contribution in [3.63, 3.8) is 0 Å². The van der Waals surface area contributed by atoms with E-state index in [1.165, 1.54) is 24.3 Å². The maximum atomic E-state index is 13.8. The zero-order chi connectivity index (χ0) is 21.7. The van der Waals surface area contributed by atoms with Crippen LogP contribution < -0.4 is 9.47 Å². The highest BCUT2D eigenvalue weighted by Gasteiger charge is 2.34. The van der Waals surface area contributed by atoms with Gasteiger partial charge in [0.1, 0.15) is 17.3 Å². The van der Waals surface area contributed by atoms with E-state index in [9.17, 15) is 14.0 Å². The van der Waals surface area contributed by atoms with E-state index in [4.69, 9.17) is 14.6 Å². The number of nitrogens with zero attached hydrogens (tertiary/aromatic N) is 2. The van der Waals surface area contributed by atoms with Crippen LogP contribution in [0.4, 0.5) is 4.39 Å². The van der Waals surface area contributed by atoms with Crippen LogP contribution in [0.5, 0.6) is 11.5 Å². The summed E-state index contributed by atoms with van der Waals surface area (Å²) in [6.45, 7) is 0. The number of carboxylic acid groups (broad SMARTS) is 1. The number of benzene rings is 2. The van der Waals surface area contributed by atoms with E-state index in [1.54, 1.807) is 37.4 Å². The first-order valence-corrected chi connectivity index (χ1v) is 9.52. The van der Waals surface area contributed by atoms with Gasteiger partial charge in [0.15, 0.2) is 0 Å². The van der Waals surface area contributed by atoms with Gasteiger partial charge in [0.05, 0.1) is 26.0 Å². The van der Waals surface area contributed by atoms with E-state index in [1.807, 2.05) is 0 Å². The minimum atomic E-state index is -0.960. The number of halogens is 1. The third-order valence-corrected chi connectivity index (χ3v) is 4.90. The molecule has 0 fully saturated rings. The monoisotopic (exact) mass is 414 g/mol. The second-order valence-corrected chi connectivity index (χ2v) is 6.87. The summed E-state index contributed by atoms with van der Waals surface area (Å²) < 4.78 is 24.5. The van der Waals surface area contributed by atoms with Crippen molar-refractivity contribution in [2.45, 2.75) is 31.7 Å². The van der Waals surface area contributed by atoms with Crippen molar-refractivity contribution in [1.29, 1.82) is 0 Å². The molecule has 0 bridgehead atoms.